The smallest absolute Gasteiger partial charge is 0.263 e. The molecule has 2 aromatic heterocycles. The molecule has 0 saturated carbocycles. The van der Waals surface area contributed by atoms with E-state index in [-0.39, 0.29) is 30.2 Å². The number of nitrogens with zero attached hydrogens (tertiary/aromatic N) is 6. The summed E-state index contributed by atoms with van der Waals surface area (Å²) < 4.78 is 16.8. The number of para-hydroxylation sites is 1. The second-order valence-corrected chi connectivity index (χ2v) is 9.63. The fourth-order valence-electron chi connectivity index (χ4n) is 4.81. The van der Waals surface area contributed by atoms with Crippen LogP contribution in [-0.2, 0) is 17.8 Å². The van der Waals surface area contributed by atoms with Crippen LogP contribution in [0.15, 0.2) is 53.3 Å². The predicted octanol–water partition coefficient (Wildman–Crippen LogP) is 1.92. The van der Waals surface area contributed by atoms with E-state index in [0.29, 0.717) is 35.5 Å². The first kappa shape index (κ1) is 25.0. The van der Waals surface area contributed by atoms with Gasteiger partial charge in [-0.3, -0.25) is 18.6 Å². The van der Waals surface area contributed by atoms with E-state index in [1.807, 2.05) is 22.6 Å². The average Bonchev–Trinajstić information content (AvgIpc) is 3.34. The number of carbonyl (C=O) groups excluding carboxylic acids is 1. The molecule has 1 N–H and O–H groups in total. The molecule has 1 fully saturated rings. The average molecular weight is 506 g/mol. The van der Waals surface area contributed by atoms with Crippen molar-refractivity contribution in [1.29, 1.82) is 0 Å². The Morgan fingerprint density at radius 3 is 2.57 bits per heavy atom. The molecule has 1 amide bonds. The molecular formula is C27H32FN7O2. The molecular weight excluding hydrogens is 473 g/mol. The van der Waals surface area contributed by atoms with E-state index in [9.17, 15) is 14.0 Å². The minimum Gasteiger partial charge on any atom is -0.356 e. The van der Waals surface area contributed by atoms with Crippen molar-refractivity contribution < 1.29 is 9.18 Å². The highest BCUT2D eigenvalue weighted by molar-refractivity contribution is 5.80. The first-order valence-electron chi connectivity index (χ1n) is 12.8. The first-order valence-corrected chi connectivity index (χ1v) is 12.8. The zero-order valence-electron chi connectivity index (χ0n) is 21.1. The summed E-state index contributed by atoms with van der Waals surface area (Å²) in [5.74, 6) is 0.656. The lowest BCUT2D eigenvalue weighted by Gasteiger charge is -2.32. The number of aryl methyl sites for hydroxylation is 1. The van der Waals surface area contributed by atoms with Gasteiger partial charge in [-0.05, 0) is 49.8 Å². The molecule has 9 nitrogen and oxygen atoms in total. The van der Waals surface area contributed by atoms with E-state index in [2.05, 4.69) is 32.4 Å². The van der Waals surface area contributed by atoms with Gasteiger partial charge in [-0.15, -0.1) is 10.2 Å². The third-order valence-electron chi connectivity index (χ3n) is 6.97. The molecule has 3 heterocycles. The highest BCUT2D eigenvalue weighted by atomic mass is 19.1. The Bertz CT molecular complexity index is 1440. The lowest BCUT2D eigenvalue weighted by molar-refractivity contribution is -0.121. The van der Waals surface area contributed by atoms with Crippen LogP contribution in [0.1, 0.15) is 24.2 Å². The van der Waals surface area contributed by atoms with Crippen molar-refractivity contribution in [3.05, 3.63) is 76.1 Å². The number of hydrogen-bond acceptors (Lipinski definition) is 6. The number of likely N-dealkylation sites (N-methyl/N-ethyl adjacent to an activating group) is 1. The Hall–Kier alpha value is -3.63. The Morgan fingerprint density at radius 2 is 1.78 bits per heavy atom. The quantitative estimate of drug-likeness (QED) is 0.350. The summed E-state index contributed by atoms with van der Waals surface area (Å²) in [6, 6.07) is 13.4. The lowest BCUT2D eigenvalue weighted by atomic mass is 10.2. The van der Waals surface area contributed by atoms with E-state index in [0.717, 1.165) is 44.7 Å². The lowest BCUT2D eigenvalue weighted by Crippen LogP contribution is -2.45. The van der Waals surface area contributed by atoms with Crippen LogP contribution in [0.3, 0.4) is 0 Å². The van der Waals surface area contributed by atoms with Crippen LogP contribution in [0, 0.1) is 5.82 Å². The second-order valence-electron chi connectivity index (χ2n) is 9.63. The topological polar surface area (TPSA) is 87.8 Å². The largest absolute Gasteiger partial charge is 0.356 e. The van der Waals surface area contributed by atoms with Crippen molar-refractivity contribution in [3.63, 3.8) is 0 Å². The number of benzene rings is 2. The molecule has 0 atom stereocenters. The third kappa shape index (κ3) is 5.70. The normalized spacial score (nSPS) is 15.0. The fourth-order valence-corrected chi connectivity index (χ4v) is 4.81. The van der Waals surface area contributed by atoms with Crippen molar-refractivity contribution in [2.75, 3.05) is 46.3 Å². The van der Waals surface area contributed by atoms with E-state index < -0.39 is 0 Å². The molecule has 0 bridgehead atoms. The summed E-state index contributed by atoms with van der Waals surface area (Å²) in [6.45, 7) is 6.19. The Labute approximate surface area is 214 Å². The standard InChI is InChI=1S/C27H32FN7O2/c1-32-15-17-33(18-16-32)14-4-13-29-25(36)12-11-24-30-31-27-34(19-20-7-9-21(28)10-8-20)26(37)22-5-2-3-6-23(22)35(24)27/h2-3,5-10H,4,11-19H2,1H3,(H,29,36). The Balaban J connectivity index is 1.28. The number of halogens is 1. The SMILES string of the molecule is CN1CCN(CCCNC(=O)CCc2nnc3n(Cc4ccc(F)cc4)c(=O)c4ccccc4n23)CC1. The van der Waals surface area contributed by atoms with Crippen LogP contribution in [0.2, 0.25) is 0 Å². The van der Waals surface area contributed by atoms with Crippen molar-refractivity contribution in [3.8, 4) is 0 Å². The third-order valence-corrected chi connectivity index (χ3v) is 6.97. The number of piperazine rings is 1. The number of nitrogens with one attached hydrogen (secondary N) is 1. The van der Waals surface area contributed by atoms with Crippen molar-refractivity contribution in [1.82, 2.24) is 34.3 Å². The molecule has 194 valence electrons. The zero-order valence-corrected chi connectivity index (χ0v) is 21.1. The zero-order chi connectivity index (χ0) is 25.8. The maximum atomic E-state index is 13.4. The van der Waals surface area contributed by atoms with Crippen molar-refractivity contribution in [2.24, 2.45) is 0 Å². The number of hydrogen-bond donors (Lipinski definition) is 1. The summed E-state index contributed by atoms with van der Waals surface area (Å²) >= 11 is 0. The van der Waals surface area contributed by atoms with Crippen LogP contribution >= 0.6 is 0 Å². The van der Waals surface area contributed by atoms with Gasteiger partial charge in [-0.1, -0.05) is 24.3 Å². The van der Waals surface area contributed by atoms with Crippen molar-refractivity contribution in [2.45, 2.75) is 25.8 Å². The van der Waals surface area contributed by atoms with Gasteiger partial charge in [0.2, 0.25) is 11.7 Å². The molecule has 0 spiro atoms. The van der Waals surface area contributed by atoms with Crippen LogP contribution in [0.25, 0.3) is 16.7 Å². The van der Waals surface area contributed by atoms with Crippen LogP contribution in [-0.4, -0.2) is 81.2 Å². The second kappa shape index (κ2) is 11.2. The van der Waals surface area contributed by atoms with Crippen molar-refractivity contribution >= 4 is 22.6 Å². The number of carbonyl (C=O) groups is 1. The van der Waals surface area contributed by atoms with Gasteiger partial charge in [-0.25, -0.2) is 4.39 Å². The van der Waals surface area contributed by atoms with Gasteiger partial charge in [0.15, 0.2) is 0 Å². The number of aromatic nitrogens is 4. The van der Waals surface area contributed by atoms with Crippen LogP contribution in [0.4, 0.5) is 4.39 Å². The van der Waals surface area contributed by atoms with Gasteiger partial charge in [-0.2, -0.15) is 0 Å². The minimum absolute atomic E-state index is 0.0286. The van der Waals surface area contributed by atoms with Gasteiger partial charge in [0.1, 0.15) is 11.6 Å². The monoisotopic (exact) mass is 505 g/mol. The van der Waals surface area contributed by atoms with Gasteiger partial charge in [0.05, 0.1) is 17.4 Å². The van der Waals surface area contributed by atoms with E-state index in [1.165, 1.54) is 12.1 Å². The summed E-state index contributed by atoms with van der Waals surface area (Å²) in [5, 5.41) is 12.2. The summed E-state index contributed by atoms with van der Waals surface area (Å²) in [4.78, 5) is 30.6. The van der Waals surface area contributed by atoms with Gasteiger partial charge < -0.3 is 15.1 Å². The van der Waals surface area contributed by atoms with Gasteiger partial charge in [0.25, 0.3) is 5.56 Å². The molecule has 1 aliphatic rings. The Kier molecular flexibility index (Phi) is 7.57. The minimum atomic E-state index is -0.331. The number of amides is 1. The molecule has 1 aliphatic heterocycles. The fraction of sp³-hybridized carbons (Fsp3) is 0.407. The molecule has 0 aliphatic carbocycles. The maximum Gasteiger partial charge on any atom is 0.263 e. The Morgan fingerprint density at radius 1 is 1.03 bits per heavy atom. The van der Waals surface area contributed by atoms with Gasteiger partial charge >= 0.3 is 0 Å². The molecule has 37 heavy (non-hydrogen) atoms. The van der Waals surface area contributed by atoms with E-state index in [1.54, 1.807) is 22.8 Å². The first-order chi connectivity index (χ1) is 18.0. The number of rotatable bonds is 9. The van der Waals surface area contributed by atoms with E-state index in [4.69, 9.17) is 0 Å². The summed E-state index contributed by atoms with van der Waals surface area (Å²) in [5.41, 5.74) is 1.29. The van der Waals surface area contributed by atoms with Gasteiger partial charge in [0, 0.05) is 45.6 Å². The summed E-state index contributed by atoms with van der Waals surface area (Å²) in [7, 11) is 2.14. The van der Waals surface area contributed by atoms with Crippen LogP contribution in [0.5, 0.6) is 0 Å². The highest BCUT2D eigenvalue weighted by Gasteiger charge is 2.18. The molecule has 2 aromatic carbocycles. The highest BCUT2D eigenvalue weighted by Crippen LogP contribution is 2.17. The molecule has 10 heteroatoms. The summed E-state index contributed by atoms with van der Waals surface area (Å²) in [6.07, 6.45) is 1.59. The van der Waals surface area contributed by atoms with Crippen LogP contribution < -0.4 is 10.9 Å². The molecule has 1 saturated heterocycles. The number of fused-ring (bicyclic) bond motifs is 3. The molecule has 5 rings (SSSR count). The predicted molar refractivity (Wildman–Crippen MR) is 140 cm³/mol. The molecule has 4 aromatic rings. The van der Waals surface area contributed by atoms with E-state index >= 15 is 0 Å². The molecule has 0 unspecified atom stereocenters. The molecule has 0 radical (unpaired) electrons. The maximum absolute atomic E-state index is 13.4.